The molecule has 0 saturated heterocycles. The topological polar surface area (TPSA) is 43.4 Å². The zero-order valence-electron chi connectivity index (χ0n) is 12.1. The summed E-state index contributed by atoms with van der Waals surface area (Å²) in [7, 11) is 0. The fourth-order valence-corrected chi connectivity index (χ4v) is 1.33. The van der Waals surface area contributed by atoms with Gasteiger partial charge in [0.2, 0.25) is 0 Å². The van der Waals surface area contributed by atoms with E-state index in [-0.39, 0.29) is 17.2 Å². The van der Waals surface area contributed by atoms with Crippen molar-refractivity contribution in [2.24, 2.45) is 10.8 Å². The maximum Gasteiger partial charge on any atom is 0.311 e. The summed E-state index contributed by atoms with van der Waals surface area (Å²) in [5.41, 5.74) is -0.422. The van der Waals surface area contributed by atoms with Crippen LogP contribution >= 0.6 is 0 Å². The lowest BCUT2D eigenvalue weighted by Crippen LogP contribution is -2.23. The quantitative estimate of drug-likeness (QED) is 0.548. The van der Waals surface area contributed by atoms with Gasteiger partial charge in [0, 0.05) is 12.8 Å². The van der Waals surface area contributed by atoms with Gasteiger partial charge in [-0.2, -0.15) is 0 Å². The van der Waals surface area contributed by atoms with Gasteiger partial charge in [-0.25, -0.2) is 0 Å². The molecule has 17 heavy (non-hydrogen) atoms. The Hall–Kier alpha value is -0.860. The smallest absolute Gasteiger partial charge is 0.311 e. The number of hydrogen-bond donors (Lipinski definition) is 0. The Bertz CT molecular complexity index is 266. The molecule has 0 rings (SSSR count). The first-order valence-corrected chi connectivity index (χ1v) is 6.21. The normalized spacial score (nSPS) is 12.4. The van der Waals surface area contributed by atoms with E-state index in [1.807, 2.05) is 41.5 Å². The number of ether oxygens (including phenoxy) is 1. The van der Waals surface area contributed by atoms with E-state index in [2.05, 4.69) is 0 Å². The van der Waals surface area contributed by atoms with Crippen LogP contribution in [0.5, 0.6) is 0 Å². The molecule has 100 valence electrons. The number of ketones is 1. The van der Waals surface area contributed by atoms with Gasteiger partial charge in [-0.1, -0.05) is 20.8 Å². The lowest BCUT2D eigenvalue weighted by molar-refractivity contribution is -0.153. The number of Topliss-reactive ketones (excluding diaryl/α,β-unsaturated/α-hetero) is 1. The number of rotatable bonds is 5. The standard InChI is InChI=1S/C14H26O3/c1-13(2,3)10-11(15)8-7-9-17-12(16)14(4,5)6/h7-10H2,1-6H3. The maximum atomic E-state index is 11.6. The van der Waals surface area contributed by atoms with Crippen LogP contribution in [0.3, 0.4) is 0 Å². The predicted molar refractivity (Wildman–Crippen MR) is 68.7 cm³/mol. The van der Waals surface area contributed by atoms with Crippen molar-refractivity contribution in [2.75, 3.05) is 6.61 Å². The molecule has 0 aliphatic heterocycles. The Morgan fingerprint density at radius 3 is 1.94 bits per heavy atom. The first-order valence-electron chi connectivity index (χ1n) is 6.21. The molecule has 0 unspecified atom stereocenters. The summed E-state index contributed by atoms with van der Waals surface area (Å²) in [6.07, 6.45) is 1.70. The molecule has 0 atom stereocenters. The summed E-state index contributed by atoms with van der Waals surface area (Å²) in [6, 6.07) is 0. The predicted octanol–water partition coefficient (Wildman–Crippen LogP) is 3.36. The molecule has 0 spiro atoms. The molecule has 0 aromatic heterocycles. The van der Waals surface area contributed by atoms with Gasteiger partial charge in [0.05, 0.1) is 12.0 Å². The van der Waals surface area contributed by atoms with Crippen LogP contribution in [-0.2, 0) is 14.3 Å². The number of carbonyl (C=O) groups is 2. The van der Waals surface area contributed by atoms with Crippen molar-refractivity contribution < 1.29 is 14.3 Å². The highest BCUT2D eigenvalue weighted by Crippen LogP contribution is 2.20. The Labute approximate surface area is 105 Å². The largest absolute Gasteiger partial charge is 0.465 e. The van der Waals surface area contributed by atoms with Crippen LogP contribution in [-0.4, -0.2) is 18.4 Å². The van der Waals surface area contributed by atoms with E-state index in [4.69, 9.17) is 4.74 Å². The second kappa shape index (κ2) is 6.18. The van der Waals surface area contributed by atoms with Gasteiger partial charge in [0.1, 0.15) is 5.78 Å². The minimum Gasteiger partial charge on any atom is -0.465 e. The minimum absolute atomic E-state index is 0.0408. The van der Waals surface area contributed by atoms with Crippen molar-refractivity contribution in [1.82, 2.24) is 0 Å². The minimum atomic E-state index is -0.463. The van der Waals surface area contributed by atoms with Crippen LogP contribution in [0.15, 0.2) is 0 Å². The fourth-order valence-electron chi connectivity index (χ4n) is 1.33. The summed E-state index contributed by atoms with van der Waals surface area (Å²) >= 11 is 0. The molecule has 0 amide bonds. The SMILES string of the molecule is CC(C)(C)CC(=O)CCCOC(=O)C(C)(C)C. The van der Waals surface area contributed by atoms with Crippen molar-refractivity contribution in [2.45, 2.75) is 60.8 Å². The Morgan fingerprint density at radius 1 is 1.00 bits per heavy atom. The molecule has 3 nitrogen and oxygen atoms in total. The van der Waals surface area contributed by atoms with Crippen molar-refractivity contribution >= 4 is 11.8 Å². The van der Waals surface area contributed by atoms with Crippen LogP contribution < -0.4 is 0 Å². The van der Waals surface area contributed by atoms with Crippen molar-refractivity contribution in [1.29, 1.82) is 0 Å². The summed E-state index contributed by atoms with van der Waals surface area (Å²) in [6.45, 7) is 11.9. The molecule has 0 fully saturated rings. The van der Waals surface area contributed by atoms with Gasteiger partial charge in [-0.15, -0.1) is 0 Å². The van der Waals surface area contributed by atoms with E-state index in [0.29, 0.717) is 25.9 Å². The van der Waals surface area contributed by atoms with Crippen molar-refractivity contribution in [3.05, 3.63) is 0 Å². The van der Waals surface area contributed by atoms with Crippen LogP contribution in [0, 0.1) is 10.8 Å². The highest BCUT2D eigenvalue weighted by atomic mass is 16.5. The monoisotopic (exact) mass is 242 g/mol. The van der Waals surface area contributed by atoms with Gasteiger partial charge in [-0.05, 0) is 32.6 Å². The van der Waals surface area contributed by atoms with E-state index >= 15 is 0 Å². The van der Waals surface area contributed by atoms with Crippen molar-refractivity contribution in [3.63, 3.8) is 0 Å². The zero-order chi connectivity index (χ0) is 13.7. The third-order valence-corrected chi connectivity index (χ3v) is 2.17. The van der Waals surface area contributed by atoms with Gasteiger partial charge in [0.25, 0.3) is 0 Å². The van der Waals surface area contributed by atoms with Gasteiger partial charge in [0.15, 0.2) is 0 Å². The summed E-state index contributed by atoms with van der Waals surface area (Å²) < 4.78 is 5.10. The highest BCUT2D eigenvalue weighted by molar-refractivity contribution is 5.79. The number of hydrogen-bond acceptors (Lipinski definition) is 3. The lowest BCUT2D eigenvalue weighted by Gasteiger charge is -2.17. The number of esters is 1. The molecular formula is C14H26O3. The van der Waals surface area contributed by atoms with Gasteiger partial charge in [-0.3, -0.25) is 9.59 Å². The average molecular weight is 242 g/mol. The van der Waals surface area contributed by atoms with E-state index in [1.54, 1.807) is 0 Å². The van der Waals surface area contributed by atoms with E-state index < -0.39 is 5.41 Å². The third-order valence-electron chi connectivity index (χ3n) is 2.17. The highest BCUT2D eigenvalue weighted by Gasteiger charge is 2.22. The van der Waals surface area contributed by atoms with Crippen LogP contribution in [0.2, 0.25) is 0 Å². The molecule has 0 aliphatic rings. The second-order valence-electron chi connectivity index (χ2n) is 6.77. The van der Waals surface area contributed by atoms with Gasteiger partial charge >= 0.3 is 5.97 Å². The molecule has 0 bridgehead atoms. The van der Waals surface area contributed by atoms with Gasteiger partial charge < -0.3 is 4.74 Å². The molecule has 0 saturated carbocycles. The Balaban J connectivity index is 3.73. The first-order chi connectivity index (χ1) is 7.52. The zero-order valence-corrected chi connectivity index (χ0v) is 12.1. The second-order valence-corrected chi connectivity index (χ2v) is 6.77. The van der Waals surface area contributed by atoms with E-state index in [9.17, 15) is 9.59 Å². The van der Waals surface area contributed by atoms with E-state index in [0.717, 1.165) is 0 Å². The maximum absolute atomic E-state index is 11.6. The first kappa shape index (κ1) is 16.1. The molecule has 0 aliphatic carbocycles. The lowest BCUT2D eigenvalue weighted by atomic mass is 9.89. The fraction of sp³-hybridized carbons (Fsp3) is 0.857. The van der Waals surface area contributed by atoms with E-state index in [1.165, 1.54) is 0 Å². The summed E-state index contributed by atoms with van der Waals surface area (Å²) in [4.78, 5) is 23.0. The molecule has 0 aromatic carbocycles. The third kappa shape index (κ3) is 8.90. The summed E-state index contributed by atoms with van der Waals surface area (Å²) in [5, 5.41) is 0. The molecular weight excluding hydrogens is 216 g/mol. The van der Waals surface area contributed by atoms with Crippen LogP contribution in [0.25, 0.3) is 0 Å². The molecule has 0 aromatic rings. The van der Waals surface area contributed by atoms with Crippen molar-refractivity contribution in [3.8, 4) is 0 Å². The van der Waals surface area contributed by atoms with Crippen LogP contribution in [0.4, 0.5) is 0 Å². The molecule has 0 heterocycles. The molecule has 0 radical (unpaired) electrons. The average Bonchev–Trinajstić information content (AvgIpc) is 2.07. The number of carbonyl (C=O) groups excluding carboxylic acids is 2. The van der Waals surface area contributed by atoms with Crippen LogP contribution in [0.1, 0.15) is 60.8 Å². The molecule has 0 N–H and O–H groups in total. The Morgan fingerprint density at radius 2 is 1.53 bits per heavy atom. The summed E-state index contributed by atoms with van der Waals surface area (Å²) in [5.74, 6) is 0.0325. The molecule has 3 heteroatoms. The Kier molecular flexibility index (Phi) is 5.86.